The van der Waals surface area contributed by atoms with E-state index in [1.807, 2.05) is 5.32 Å². The van der Waals surface area contributed by atoms with E-state index in [1.165, 1.54) is 6.07 Å². The van der Waals surface area contributed by atoms with Gasteiger partial charge in [0.1, 0.15) is 0 Å². The van der Waals surface area contributed by atoms with Crippen LogP contribution in [0.2, 0.25) is 0 Å². The fraction of sp³-hybridized carbons (Fsp3) is 0. The first-order chi connectivity index (χ1) is 7.02. The number of carboxylic acid groups (broad SMARTS) is 1. The van der Waals surface area contributed by atoms with Crippen LogP contribution in [0.3, 0.4) is 0 Å². The summed E-state index contributed by atoms with van der Waals surface area (Å²) in [6.45, 7) is 0. The second-order valence-electron chi connectivity index (χ2n) is 2.57. The highest BCUT2D eigenvalue weighted by Crippen LogP contribution is 2.20. The topological polar surface area (TPSA) is 116 Å². The van der Waals surface area contributed by atoms with E-state index < -0.39 is 11.0 Å². The molecule has 7 heteroatoms. The molecule has 0 bridgehead atoms. The zero-order chi connectivity index (χ0) is 11.4. The lowest BCUT2D eigenvalue weighted by Gasteiger charge is -2.00. The number of nitriles is 1. The Labute approximate surface area is 83.7 Å². The first-order valence-electron chi connectivity index (χ1n) is 3.72. The Balaban J connectivity index is 3.18. The maximum atomic E-state index is 10.4. The number of benzene rings is 1. The summed E-state index contributed by atoms with van der Waals surface area (Å²) < 4.78 is 0. The van der Waals surface area contributed by atoms with Gasteiger partial charge < -0.3 is 5.11 Å². The van der Waals surface area contributed by atoms with Crippen LogP contribution >= 0.6 is 0 Å². The molecule has 0 aliphatic carbocycles. The molecule has 7 nitrogen and oxygen atoms in total. The van der Waals surface area contributed by atoms with Crippen LogP contribution in [0.15, 0.2) is 18.2 Å². The predicted octanol–water partition coefficient (Wildman–Crippen LogP) is 1.56. The van der Waals surface area contributed by atoms with Crippen molar-refractivity contribution in [2.75, 3.05) is 5.32 Å². The van der Waals surface area contributed by atoms with Gasteiger partial charge >= 0.3 is 6.09 Å². The third-order valence-electron chi connectivity index (χ3n) is 1.51. The minimum absolute atomic E-state index is 0.00625. The number of nitrogens with one attached hydrogen (secondary N) is 1. The van der Waals surface area contributed by atoms with Crippen molar-refractivity contribution in [2.24, 2.45) is 0 Å². The van der Waals surface area contributed by atoms with Crippen molar-refractivity contribution in [3.05, 3.63) is 33.9 Å². The van der Waals surface area contributed by atoms with E-state index in [-0.39, 0.29) is 16.9 Å². The number of nitrogens with zero attached hydrogens (tertiary/aromatic N) is 2. The summed E-state index contributed by atoms with van der Waals surface area (Å²) in [4.78, 5) is 20.0. The third-order valence-corrected chi connectivity index (χ3v) is 1.51. The monoisotopic (exact) mass is 207 g/mol. The summed E-state index contributed by atoms with van der Waals surface area (Å²) in [5, 5.41) is 29.3. The number of carbonyl (C=O) groups is 1. The molecule has 0 aliphatic heterocycles. The highest BCUT2D eigenvalue weighted by Gasteiger charge is 2.10. The first kappa shape index (κ1) is 10.5. The second-order valence-corrected chi connectivity index (χ2v) is 2.57. The highest BCUT2D eigenvalue weighted by atomic mass is 16.6. The lowest BCUT2D eigenvalue weighted by molar-refractivity contribution is -0.384. The maximum absolute atomic E-state index is 10.4. The molecule has 0 aromatic heterocycles. The van der Waals surface area contributed by atoms with Crippen molar-refractivity contribution in [1.82, 2.24) is 0 Å². The van der Waals surface area contributed by atoms with Crippen LogP contribution < -0.4 is 5.32 Å². The van der Waals surface area contributed by atoms with E-state index in [9.17, 15) is 14.9 Å². The lowest BCUT2D eigenvalue weighted by atomic mass is 10.2. The number of amides is 1. The zero-order valence-corrected chi connectivity index (χ0v) is 7.30. The summed E-state index contributed by atoms with van der Waals surface area (Å²) in [7, 11) is 0. The molecule has 0 fully saturated rings. The molecular weight excluding hydrogens is 202 g/mol. The molecule has 1 amide bonds. The molecule has 1 rings (SSSR count). The van der Waals surface area contributed by atoms with Crippen LogP contribution in [0.25, 0.3) is 0 Å². The van der Waals surface area contributed by atoms with Crippen molar-refractivity contribution in [2.45, 2.75) is 0 Å². The van der Waals surface area contributed by atoms with Gasteiger partial charge in [-0.05, 0) is 6.07 Å². The van der Waals surface area contributed by atoms with Gasteiger partial charge in [0.2, 0.25) is 0 Å². The van der Waals surface area contributed by atoms with Gasteiger partial charge in [-0.2, -0.15) is 5.26 Å². The van der Waals surface area contributed by atoms with Crippen molar-refractivity contribution in [3.8, 4) is 6.07 Å². The summed E-state index contributed by atoms with van der Waals surface area (Å²) in [5.74, 6) is 0. The molecule has 0 aliphatic rings. The summed E-state index contributed by atoms with van der Waals surface area (Å²) in [5.41, 5.74) is -0.320. The Morgan fingerprint density at radius 3 is 2.67 bits per heavy atom. The average molecular weight is 207 g/mol. The largest absolute Gasteiger partial charge is 0.465 e. The molecule has 1 aromatic rings. The van der Waals surface area contributed by atoms with Crippen LogP contribution in [0.1, 0.15) is 5.56 Å². The molecule has 0 saturated heterocycles. The molecule has 0 atom stereocenters. The molecule has 0 heterocycles. The van der Waals surface area contributed by atoms with Crippen molar-refractivity contribution in [1.29, 1.82) is 5.26 Å². The molecule has 0 unspecified atom stereocenters. The SMILES string of the molecule is N#Cc1cc(NC(=O)O)cc([N+](=O)[O-])c1. The van der Waals surface area contributed by atoms with E-state index in [1.54, 1.807) is 6.07 Å². The van der Waals surface area contributed by atoms with Gasteiger partial charge in [0.25, 0.3) is 5.69 Å². The Kier molecular flexibility index (Phi) is 2.83. The number of anilines is 1. The van der Waals surface area contributed by atoms with Gasteiger partial charge in [-0.25, -0.2) is 4.79 Å². The summed E-state index contributed by atoms with van der Waals surface area (Å²) in [6.07, 6.45) is -1.35. The number of rotatable bonds is 2. The van der Waals surface area contributed by atoms with Gasteiger partial charge in [0, 0.05) is 12.1 Å². The lowest BCUT2D eigenvalue weighted by Crippen LogP contribution is -2.07. The van der Waals surface area contributed by atoms with Crippen LogP contribution in [-0.2, 0) is 0 Å². The van der Waals surface area contributed by atoms with Gasteiger partial charge in [-0.1, -0.05) is 0 Å². The molecule has 2 N–H and O–H groups in total. The minimum atomic E-state index is -1.35. The Hall–Kier alpha value is -2.62. The fourth-order valence-electron chi connectivity index (χ4n) is 0.977. The van der Waals surface area contributed by atoms with Crippen LogP contribution in [0.5, 0.6) is 0 Å². The predicted molar refractivity (Wildman–Crippen MR) is 49.5 cm³/mol. The minimum Gasteiger partial charge on any atom is -0.465 e. The summed E-state index contributed by atoms with van der Waals surface area (Å²) >= 11 is 0. The second kappa shape index (κ2) is 4.06. The van der Waals surface area contributed by atoms with E-state index >= 15 is 0 Å². The quantitative estimate of drug-likeness (QED) is 0.563. The standard InChI is InChI=1S/C8H5N3O4/c9-4-5-1-6(10-8(12)13)3-7(2-5)11(14)15/h1-3,10H,(H,12,13). The molecule has 1 aromatic carbocycles. The Bertz CT molecular complexity index is 463. The Morgan fingerprint density at radius 2 is 2.20 bits per heavy atom. The molecule has 15 heavy (non-hydrogen) atoms. The van der Waals surface area contributed by atoms with E-state index in [0.717, 1.165) is 12.1 Å². The average Bonchev–Trinajstić information content (AvgIpc) is 2.16. The normalized spacial score (nSPS) is 9.00. The van der Waals surface area contributed by atoms with Crippen molar-refractivity contribution in [3.63, 3.8) is 0 Å². The van der Waals surface area contributed by atoms with Gasteiger partial charge in [0.05, 0.1) is 22.2 Å². The van der Waals surface area contributed by atoms with E-state index in [0.29, 0.717) is 0 Å². The van der Waals surface area contributed by atoms with Crippen molar-refractivity contribution >= 4 is 17.5 Å². The summed E-state index contributed by atoms with van der Waals surface area (Å²) in [6, 6.07) is 5.01. The van der Waals surface area contributed by atoms with Gasteiger partial charge in [-0.15, -0.1) is 0 Å². The molecule has 0 spiro atoms. The Morgan fingerprint density at radius 1 is 1.53 bits per heavy atom. The highest BCUT2D eigenvalue weighted by molar-refractivity contribution is 5.83. The number of hydrogen-bond acceptors (Lipinski definition) is 4. The number of hydrogen-bond donors (Lipinski definition) is 2. The zero-order valence-electron chi connectivity index (χ0n) is 7.30. The number of nitro benzene ring substituents is 1. The number of nitro groups is 1. The molecule has 0 saturated carbocycles. The maximum Gasteiger partial charge on any atom is 0.409 e. The molecule has 76 valence electrons. The molecule has 0 radical (unpaired) electrons. The van der Waals surface area contributed by atoms with Gasteiger partial charge in [-0.3, -0.25) is 15.4 Å². The van der Waals surface area contributed by atoms with Gasteiger partial charge in [0.15, 0.2) is 0 Å². The smallest absolute Gasteiger partial charge is 0.409 e. The van der Waals surface area contributed by atoms with Crippen LogP contribution in [0, 0.1) is 21.4 Å². The fourth-order valence-corrected chi connectivity index (χ4v) is 0.977. The number of non-ortho nitro benzene ring substituents is 1. The first-order valence-corrected chi connectivity index (χ1v) is 3.72. The van der Waals surface area contributed by atoms with E-state index in [4.69, 9.17) is 10.4 Å². The van der Waals surface area contributed by atoms with Crippen LogP contribution in [0.4, 0.5) is 16.2 Å². The van der Waals surface area contributed by atoms with Crippen molar-refractivity contribution < 1.29 is 14.8 Å². The van der Waals surface area contributed by atoms with E-state index in [2.05, 4.69) is 0 Å². The van der Waals surface area contributed by atoms with Crippen LogP contribution in [-0.4, -0.2) is 16.1 Å². The molecular formula is C8H5N3O4. The third kappa shape index (κ3) is 2.67.